The number of morpholine rings is 1. The first kappa shape index (κ1) is 20.1. The molecule has 0 amide bonds. The highest BCUT2D eigenvalue weighted by Gasteiger charge is 2.18. The maximum Gasteiger partial charge on any atom is 0.273 e. The van der Waals surface area contributed by atoms with Crippen LogP contribution in [-0.2, 0) is 18.2 Å². The van der Waals surface area contributed by atoms with Crippen LogP contribution in [0, 0.1) is 6.92 Å². The minimum absolute atomic E-state index is 0.0189. The van der Waals surface area contributed by atoms with Crippen LogP contribution in [0.1, 0.15) is 21.5 Å². The lowest BCUT2D eigenvalue weighted by atomic mass is 9.95. The van der Waals surface area contributed by atoms with E-state index in [-0.39, 0.29) is 11.3 Å². The number of carbonyl (C=O) groups excluding carboxylic acids is 1. The first-order valence-electron chi connectivity index (χ1n) is 10.2. The van der Waals surface area contributed by atoms with E-state index < -0.39 is 0 Å². The number of benzene rings is 2. The molecule has 0 radical (unpaired) electrons. The number of hydrogen-bond acceptors (Lipinski definition) is 4. The molecule has 3 aromatic rings. The third kappa shape index (κ3) is 4.21. The second kappa shape index (κ2) is 8.67. The van der Waals surface area contributed by atoms with Crippen molar-refractivity contribution in [2.75, 3.05) is 31.2 Å². The van der Waals surface area contributed by atoms with Crippen molar-refractivity contribution in [2.24, 2.45) is 7.05 Å². The standard InChI is InChI=1S/C25H26N2O3/c1-18-8-9-20(24(28)14-19-6-4-3-5-7-19)15-22(18)21-16-23(25(29)26(2)17-21)27-10-12-30-13-11-27/h3-9,15-17H,10-14H2,1-2H3. The van der Waals surface area contributed by atoms with E-state index in [9.17, 15) is 9.59 Å². The largest absolute Gasteiger partial charge is 0.378 e. The molecule has 0 unspecified atom stereocenters. The van der Waals surface area contributed by atoms with Crippen LogP contribution in [0.4, 0.5) is 5.69 Å². The molecular weight excluding hydrogens is 376 g/mol. The Kier molecular flexibility index (Phi) is 5.81. The van der Waals surface area contributed by atoms with Crippen molar-refractivity contribution < 1.29 is 9.53 Å². The van der Waals surface area contributed by atoms with Crippen LogP contribution in [0.5, 0.6) is 0 Å². The third-order valence-electron chi connectivity index (χ3n) is 5.59. The molecule has 0 aliphatic carbocycles. The maximum atomic E-state index is 12.9. The van der Waals surface area contributed by atoms with Crippen LogP contribution in [-0.4, -0.2) is 36.7 Å². The van der Waals surface area contributed by atoms with Gasteiger partial charge in [-0.25, -0.2) is 0 Å². The van der Waals surface area contributed by atoms with E-state index in [0.29, 0.717) is 44.0 Å². The van der Waals surface area contributed by atoms with Gasteiger partial charge in [0, 0.05) is 43.9 Å². The fourth-order valence-electron chi connectivity index (χ4n) is 3.86. The predicted molar refractivity (Wildman–Crippen MR) is 119 cm³/mol. The monoisotopic (exact) mass is 402 g/mol. The van der Waals surface area contributed by atoms with Crippen molar-refractivity contribution in [2.45, 2.75) is 13.3 Å². The summed E-state index contributed by atoms with van der Waals surface area (Å²) in [5.74, 6) is 0.0840. The molecule has 1 aliphatic heterocycles. The summed E-state index contributed by atoms with van der Waals surface area (Å²) in [6.45, 7) is 4.67. The molecule has 0 atom stereocenters. The topological polar surface area (TPSA) is 51.5 Å². The molecule has 1 aromatic heterocycles. The van der Waals surface area contributed by atoms with Gasteiger partial charge >= 0.3 is 0 Å². The summed E-state index contributed by atoms with van der Waals surface area (Å²) in [4.78, 5) is 27.7. The zero-order valence-corrected chi connectivity index (χ0v) is 17.4. The molecular formula is C25H26N2O3. The minimum Gasteiger partial charge on any atom is -0.378 e. The second-order valence-corrected chi connectivity index (χ2v) is 7.74. The van der Waals surface area contributed by atoms with E-state index in [0.717, 1.165) is 22.3 Å². The van der Waals surface area contributed by atoms with Crippen LogP contribution >= 0.6 is 0 Å². The highest BCUT2D eigenvalue weighted by molar-refractivity contribution is 5.98. The number of anilines is 1. The molecule has 1 saturated heterocycles. The molecule has 2 heterocycles. The number of aryl methyl sites for hydroxylation is 2. The van der Waals surface area contributed by atoms with Crippen molar-refractivity contribution in [3.05, 3.63) is 87.8 Å². The Hall–Kier alpha value is -3.18. The summed E-state index contributed by atoms with van der Waals surface area (Å²) in [6, 6.07) is 17.5. The highest BCUT2D eigenvalue weighted by Crippen LogP contribution is 2.27. The van der Waals surface area contributed by atoms with Gasteiger partial charge in [0.25, 0.3) is 5.56 Å². The van der Waals surface area contributed by atoms with Crippen molar-refractivity contribution in [3.63, 3.8) is 0 Å². The zero-order valence-electron chi connectivity index (χ0n) is 17.4. The second-order valence-electron chi connectivity index (χ2n) is 7.74. The average molecular weight is 402 g/mol. The molecule has 0 saturated carbocycles. The lowest BCUT2D eigenvalue weighted by molar-refractivity contribution is 0.0993. The van der Waals surface area contributed by atoms with Gasteiger partial charge in [-0.1, -0.05) is 42.5 Å². The van der Waals surface area contributed by atoms with Gasteiger partial charge in [-0.05, 0) is 35.7 Å². The fourth-order valence-corrected chi connectivity index (χ4v) is 3.86. The van der Waals surface area contributed by atoms with E-state index in [1.54, 1.807) is 11.6 Å². The molecule has 5 nitrogen and oxygen atoms in total. The Labute approximate surface area is 176 Å². The van der Waals surface area contributed by atoms with Crippen LogP contribution in [0.3, 0.4) is 0 Å². The quantitative estimate of drug-likeness (QED) is 0.612. The van der Waals surface area contributed by atoms with Crippen molar-refractivity contribution in [1.82, 2.24) is 4.57 Å². The maximum absolute atomic E-state index is 12.9. The van der Waals surface area contributed by atoms with Gasteiger partial charge in [0.1, 0.15) is 5.69 Å². The number of ketones is 1. The van der Waals surface area contributed by atoms with Crippen molar-refractivity contribution >= 4 is 11.5 Å². The number of nitrogens with zero attached hydrogens (tertiary/aromatic N) is 2. The number of carbonyl (C=O) groups is 1. The van der Waals surface area contributed by atoms with E-state index in [1.807, 2.05) is 67.7 Å². The molecule has 154 valence electrons. The van der Waals surface area contributed by atoms with E-state index in [1.165, 1.54) is 0 Å². The van der Waals surface area contributed by atoms with E-state index in [2.05, 4.69) is 4.90 Å². The van der Waals surface area contributed by atoms with Gasteiger partial charge in [0.15, 0.2) is 5.78 Å². The highest BCUT2D eigenvalue weighted by atomic mass is 16.5. The summed E-state index contributed by atoms with van der Waals surface area (Å²) in [7, 11) is 1.77. The number of ether oxygens (including phenoxy) is 1. The Balaban J connectivity index is 1.70. The summed E-state index contributed by atoms with van der Waals surface area (Å²) >= 11 is 0. The summed E-state index contributed by atoms with van der Waals surface area (Å²) in [6.07, 6.45) is 2.22. The molecule has 2 aromatic carbocycles. The first-order chi connectivity index (χ1) is 14.5. The molecule has 5 heteroatoms. The molecule has 0 N–H and O–H groups in total. The number of rotatable bonds is 5. The van der Waals surface area contributed by atoms with Crippen molar-refractivity contribution in [3.8, 4) is 11.1 Å². The fraction of sp³-hybridized carbons (Fsp3) is 0.280. The Morgan fingerprint density at radius 2 is 1.77 bits per heavy atom. The van der Waals surface area contributed by atoms with Crippen LogP contribution in [0.2, 0.25) is 0 Å². The van der Waals surface area contributed by atoms with E-state index >= 15 is 0 Å². The SMILES string of the molecule is Cc1ccc(C(=O)Cc2ccccc2)cc1-c1cc(N2CCOCC2)c(=O)n(C)c1. The predicted octanol–water partition coefficient (Wildman–Crippen LogP) is 3.62. The van der Waals surface area contributed by atoms with Gasteiger partial charge in [0.2, 0.25) is 0 Å². The molecule has 30 heavy (non-hydrogen) atoms. The number of aromatic nitrogens is 1. The number of hydrogen-bond donors (Lipinski definition) is 0. The van der Waals surface area contributed by atoms with Gasteiger partial charge in [0.05, 0.1) is 13.2 Å². The Bertz CT molecular complexity index is 1110. The van der Waals surface area contributed by atoms with Crippen molar-refractivity contribution in [1.29, 1.82) is 0 Å². The van der Waals surface area contributed by atoms with Crippen LogP contribution in [0.25, 0.3) is 11.1 Å². The average Bonchev–Trinajstić information content (AvgIpc) is 2.77. The Morgan fingerprint density at radius 3 is 2.50 bits per heavy atom. The molecule has 1 fully saturated rings. The molecule has 4 rings (SSSR count). The first-order valence-corrected chi connectivity index (χ1v) is 10.2. The van der Waals surface area contributed by atoms with Crippen LogP contribution < -0.4 is 10.5 Å². The van der Waals surface area contributed by atoms with Gasteiger partial charge in [-0.2, -0.15) is 0 Å². The smallest absolute Gasteiger partial charge is 0.273 e. The molecule has 1 aliphatic rings. The minimum atomic E-state index is -0.0189. The molecule has 0 bridgehead atoms. The lowest BCUT2D eigenvalue weighted by Crippen LogP contribution is -2.40. The summed E-state index contributed by atoms with van der Waals surface area (Å²) in [5, 5.41) is 0. The van der Waals surface area contributed by atoms with E-state index in [4.69, 9.17) is 4.74 Å². The third-order valence-corrected chi connectivity index (χ3v) is 5.59. The normalized spacial score (nSPS) is 14.0. The number of pyridine rings is 1. The molecule has 0 spiro atoms. The lowest BCUT2D eigenvalue weighted by Gasteiger charge is -2.29. The summed E-state index contributed by atoms with van der Waals surface area (Å²) in [5.41, 5.74) is 5.32. The van der Waals surface area contributed by atoms with Gasteiger partial charge < -0.3 is 14.2 Å². The Morgan fingerprint density at radius 1 is 1.03 bits per heavy atom. The number of Topliss-reactive ketones (excluding diaryl/α,β-unsaturated/α-hetero) is 1. The van der Waals surface area contributed by atoms with Gasteiger partial charge in [-0.3, -0.25) is 9.59 Å². The van der Waals surface area contributed by atoms with Crippen LogP contribution in [0.15, 0.2) is 65.6 Å². The van der Waals surface area contributed by atoms with Gasteiger partial charge in [-0.15, -0.1) is 0 Å². The zero-order chi connectivity index (χ0) is 21.1. The summed E-state index contributed by atoms with van der Waals surface area (Å²) < 4.78 is 7.05.